The first-order valence-electron chi connectivity index (χ1n) is 7.91. The van der Waals surface area contributed by atoms with E-state index in [1.165, 1.54) is 17.5 Å². The van der Waals surface area contributed by atoms with Crippen LogP contribution in [-0.2, 0) is 22.5 Å². The second-order valence-corrected chi connectivity index (χ2v) is 6.11. The second-order valence-electron chi connectivity index (χ2n) is 6.11. The van der Waals surface area contributed by atoms with Gasteiger partial charge in [-0.25, -0.2) is 0 Å². The fraction of sp³-hybridized carbons (Fsp3) is 0.588. The van der Waals surface area contributed by atoms with Gasteiger partial charge in [-0.1, -0.05) is 24.3 Å². The Bertz CT molecular complexity index is 497. The summed E-state index contributed by atoms with van der Waals surface area (Å²) in [7, 11) is 1.89. The zero-order chi connectivity index (χ0) is 14.7. The van der Waals surface area contributed by atoms with E-state index in [0.717, 1.165) is 32.4 Å². The highest BCUT2D eigenvalue weighted by Gasteiger charge is 2.28. The molecule has 4 nitrogen and oxygen atoms in total. The molecule has 2 aliphatic heterocycles. The Morgan fingerprint density at radius 2 is 2.14 bits per heavy atom. The number of amides is 1. The van der Waals surface area contributed by atoms with E-state index in [0.29, 0.717) is 6.54 Å². The van der Waals surface area contributed by atoms with Crippen LogP contribution < -0.4 is 5.32 Å². The summed E-state index contributed by atoms with van der Waals surface area (Å²) in [6, 6.07) is 8.25. The van der Waals surface area contributed by atoms with Gasteiger partial charge in [0, 0.05) is 26.7 Å². The monoisotopic (exact) mass is 288 g/mol. The molecule has 114 valence electrons. The largest absolute Gasteiger partial charge is 0.376 e. The Labute approximate surface area is 126 Å². The molecule has 1 N–H and O–H groups in total. The van der Waals surface area contributed by atoms with Crippen molar-refractivity contribution in [3.63, 3.8) is 0 Å². The van der Waals surface area contributed by atoms with Crippen molar-refractivity contribution in [2.24, 2.45) is 0 Å². The lowest BCUT2D eigenvalue weighted by atomic mass is 9.95. The van der Waals surface area contributed by atoms with Crippen molar-refractivity contribution in [2.75, 3.05) is 20.2 Å². The summed E-state index contributed by atoms with van der Waals surface area (Å²) >= 11 is 0. The third-order valence-corrected chi connectivity index (χ3v) is 4.51. The summed E-state index contributed by atoms with van der Waals surface area (Å²) in [5, 5.41) is 3.36. The quantitative estimate of drug-likeness (QED) is 0.921. The minimum Gasteiger partial charge on any atom is -0.376 e. The van der Waals surface area contributed by atoms with Crippen molar-refractivity contribution < 1.29 is 9.53 Å². The molecule has 2 heterocycles. The van der Waals surface area contributed by atoms with E-state index in [-0.39, 0.29) is 18.1 Å². The van der Waals surface area contributed by atoms with Gasteiger partial charge in [-0.05, 0) is 36.8 Å². The van der Waals surface area contributed by atoms with Crippen molar-refractivity contribution in [1.82, 2.24) is 10.2 Å². The lowest BCUT2D eigenvalue weighted by Crippen LogP contribution is -2.50. The van der Waals surface area contributed by atoms with Crippen LogP contribution in [0, 0.1) is 0 Å². The highest BCUT2D eigenvalue weighted by molar-refractivity contribution is 5.82. The summed E-state index contributed by atoms with van der Waals surface area (Å²) in [6.45, 7) is 2.32. The molecule has 1 aromatic carbocycles. The Balaban J connectivity index is 1.58. The number of carbonyl (C=O) groups is 1. The molecule has 1 amide bonds. The Morgan fingerprint density at radius 1 is 1.33 bits per heavy atom. The molecule has 4 heteroatoms. The lowest BCUT2D eigenvalue weighted by Gasteiger charge is -2.32. The predicted octanol–water partition coefficient (Wildman–Crippen LogP) is 1.73. The van der Waals surface area contributed by atoms with Crippen LogP contribution in [-0.4, -0.2) is 43.2 Å². The molecule has 1 unspecified atom stereocenters. The third-order valence-electron chi connectivity index (χ3n) is 4.51. The van der Waals surface area contributed by atoms with Crippen LogP contribution in [0.1, 0.15) is 30.4 Å². The van der Waals surface area contributed by atoms with Gasteiger partial charge in [-0.15, -0.1) is 0 Å². The SMILES string of the molecule is CN(CC1CCCCO1)C(=O)[C@@H]1Cc2ccccc2CN1. The molecule has 0 spiro atoms. The van der Waals surface area contributed by atoms with Gasteiger partial charge >= 0.3 is 0 Å². The van der Waals surface area contributed by atoms with Crippen LogP contribution in [0.25, 0.3) is 0 Å². The molecular formula is C17H24N2O2. The Morgan fingerprint density at radius 3 is 2.90 bits per heavy atom. The van der Waals surface area contributed by atoms with E-state index in [4.69, 9.17) is 4.74 Å². The number of ether oxygens (including phenoxy) is 1. The molecular weight excluding hydrogens is 264 g/mol. The highest BCUT2D eigenvalue weighted by atomic mass is 16.5. The Kier molecular flexibility index (Phi) is 4.56. The number of likely N-dealkylation sites (N-methyl/N-ethyl adjacent to an activating group) is 1. The lowest BCUT2D eigenvalue weighted by molar-refractivity contribution is -0.134. The summed E-state index contributed by atoms with van der Waals surface area (Å²) in [4.78, 5) is 14.4. The zero-order valence-corrected chi connectivity index (χ0v) is 12.7. The average molecular weight is 288 g/mol. The topological polar surface area (TPSA) is 41.6 Å². The molecule has 2 atom stereocenters. The molecule has 21 heavy (non-hydrogen) atoms. The molecule has 0 saturated carbocycles. The maximum atomic E-state index is 12.6. The van der Waals surface area contributed by atoms with E-state index in [9.17, 15) is 4.79 Å². The standard InChI is InChI=1S/C17H24N2O2/c1-19(12-15-8-4-5-9-21-15)17(20)16-10-13-6-2-3-7-14(13)11-18-16/h2-3,6-7,15-16,18H,4-5,8-12H2,1H3/t15?,16-/m0/s1. The summed E-state index contributed by atoms with van der Waals surface area (Å²) < 4.78 is 5.73. The minimum absolute atomic E-state index is 0.103. The average Bonchev–Trinajstić information content (AvgIpc) is 2.54. The first-order valence-corrected chi connectivity index (χ1v) is 7.91. The Hall–Kier alpha value is -1.39. The van der Waals surface area contributed by atoms with Gasteiger partial charge in [0.25, 0.3) is 0 Å². The molecule has 0 bridgehead atoms. The van der Waals surface area contributed by atoms with Crippen LogP contribution >= 0.6 is 0 Å². The molecule has 3 rings (SSSR count). The molecule has 1 fully saturated rings. The van der Waals surface area contributed by atoms with Gasteiger partial charge in [-0.3, -0.25) is 4.79 Å². The molecule has 0 radical (unpaired) electrons. The van der Waals surface area contributed by atoms with Crippen molar-refractivity contribution in [2.45, 2.75) is 44.4 Å². The van der Waals surface area contributed by atoms with Gasteiger partial charge in [-0.2, -0.15) is 0 Å². The number of hydrogen-bond donors (Lipinski definition) is 1. The van der Waals surface area contributed by atoms with Gasteiger partial charge in [0.05, 0.1) is 12.1 Å². The van der Waals surface area contributed by atoms with E-state index in [1.54, 1.807) is 0 Å². The van der Waals surface area contributed by atoms with Gasteiger partial charge < -0.3 is 15.0 Å². The first-order chi connectivity index (χ1) is 10.2. The molecule has 0 aromatic heterocycles. The zero-order valence-electron chi connectivity index (χ0n) is 12.7. The molecule has 1 saturated heterocycles. The second kappa shape index (κ2) is 6.58. The number of hydrogen-bond acceptors (Lipinski definition) is 3. The summed E-state index contributed by atoms with van der Waals surface area (Å²) in [5.41, 5.74) is 2.59. The van der Waals surface area contributed by atoms with Crippen molar-refractivity contribution in [3.05, 3.63) is 35.4 Å². The number of fused-ring (bicyclic) bond motifs is 1. The van der Waals surface area contributed by atoms with Gasteiger partial charge in [0.2, 0.25) is 5.91 Å². The van der Waals surface area contributed by atoms with Crippen LogP contribution in [0.2, 0.25) is 0 Å². The summed E-state index contributed by atoms with van der Waals surface area (Å²) in [6.07, 6.45) is 4.42. The van der Waals surface area contributed by atoms with Crippen LogP contribution in [0.15, 0.2) is 24.3 Å². The van der Waals surface area contributed by atoms with Gasteiger partial charge in [0.15, 0.2) is 0 Å². The number of nitrogens with zero attached hydrogens (tertiary/aromatic N) is 1. The van der Waals surface area contributed by atoms with Gasteiger partial charge in [0.1, 0.15) is 0 Å². The van der Waals surface area contributed by atoms with E-state index in [1.807, 2.05) is 18.0 Å². The number of benzene rings is 1. The third kappa shape index (κ3) is 3.44. The maximum Gasteiger partial charge on any atom is 0.239 e. The normalized spacial score (nSPS) is 25.2. The highest BCUT2D eigenvalue weighted by Crippen LogP contribution is 2.18. The smallest absolute Gasteiger partial charge is 0.239 e. The van der Waals surface area contributed by atoms with Crippen molar-refractivity contribution in [3.8, 4) is 0 Å². The maximum absolute atomic E-state index is 12.6. The van der Waals surface area contributed by atoms with Crippen molar-refractivity contribution in [1.29, 1.82) is 0 Å². The number of rotatable bonds is 3. The van der Waals surface area contributed by atoms with Crippen LogP contribution in [0.4, 0.5) is 0 Å². The number of carbonyl (C=O) groups excluding carboxylic acids is 1. The summed E-state index contributed by atoms with van der Waals surface area (Å²) in [5.74, 6) is 0.179. The number of nitrogens with one attached hydrogen (secondary N) is 1. The molecule has 2 aliphatic rings. The molecule has 0 aliphatic carbocycles. The van der Waals surface area contributed by atoms with Crippen LogP contribution in [0.5, 0.6) is 0 Å². The fourth-order valence-corrected chi connectivity index (χ4v) is 3.24. The van der Waals surface area contributed by atoms with E-state index < -0.39 is 0 Å². The first kappa shape index (κ1) is 14.5. The van der Waals surface area contributed by atoms with Crippen molar-refractivity contribution >= 4 is 5.91 Å². The fourth-order valence-electron chi connectivity index (χ4n) is 3.24. The van der Waals surface area contributed by atoms with E-state index >= 15 is 0 Å². The minimum atomic E-state index is -0.103. The predicted molar refractivity (Wildman–Crippen MR) is 82.0 cm³/mol. The van der Waals surface area contributed by atoms with E-state index in [2.05, 4.69) is 23.5 Å². The van der Waals surface area contributed by atoms with Crippen LogP contribution in [0.3, 0.4) is 0 Å². The molecule has 1 aromatic rings.